The van der Waals surface area contributed by atoms with E-state index in [1.807, 2.05) is 180 Å². The van der Waals surface area contributed by atoms with E-state index in [0.717, 1.165) is 0 Å². The van der Waals surface area contributed by atoms with Gasteiger partial charge in [-0.15, -0.1) is 0 Å². The molecule has 0 aromatic heterocycles. The second-order valence-electron chi connectivity index (χ2n) is 0.707. The van der Waals surface area contributed by atoms with Crippen LogP contribution in [-0.2, 0) is 0 Å². The SMILES string of the molecule is C.CC.CC.CC.CC.CC.CC.CC.CC.CC.CC.CC.CC.CC.CCC. The maximum absolute atomic E-state index is 2.12. The molecule has 0 heteroatoms. The second-order valence-corrected chi connectivity index (χ2v) is 0.707. The largest absolute Gasteiger partial charge is 0.0776 e. The molecule has 30 heavy (non-hydrogen) atoms. The van der Waals surface area contributed by atoms with E-state index < -0.39 is 0 Å². The van der Waals surface area contributed by atoms with E-state index in [4.69, 9.17) is 0 Å². The van der Waals surface area contributed by atoms with Crippen molar-refractivity contribution in [3.05, 3.63) is 0 Å². The van der Waals surface area contributed by atoms with Crippen molar-refractivity contribution in [2.45, 2.75) is 208 Å². The summed E-state index contributed by atoms with van der Waals surface area (Å²) in [6.45, 7) is 56.2. The normalized spacial score (nSPS) is 3.20. The van der Waals surface area contributed by atoms with Crippen LogP contribution in [0.1, 0.15) is 208 Å². The summed E-state index contributed by atoms with van der Waals surface area (Å²) in [6, 6.07) is 0. The first-order valence-corrected chi connectivity index (χ1v) is 14.4. The van der Waals surface area contributed by atoms with Crippen molar-refractivity contribution >= 4 is 0 Å². The highest BCUT2D eigenvalue weighted by Gasteiger charge is 1.35. The topological polar surface area (TPSA) is 0 Å². The molecule has 0 spiro atoms. The number of hydrogen-bond donors (Lipinski definition) is 0. The first-order chi connectivity index (χ1) is 14.4. The van der Waals surface area contributed by atoms with E-state index in [1.54, 1.807) is 0 Å². The standard InChI is InChI=1S/C3H8.13C2H6.CH4/c1-3-2;13*1-2;/h3H2,1-2H3;13*1-2H3;1H4. The van der Waals surface area contributed by atoms with Crippen LogP contribution in [0.3, 0.4) is 0 Å². The Kier molecular flexibility index (Phi) is 85000. The Labute approximate surface area is 207 Å². The van der Waals surface area contributed by atoms with Crippen molar-refractivity contribution < 1.29 is 0 Å². The molecule has 0 bridgehead atoms. The molecule has 0 aliphatic rings. The van der Waals surface area contributed by atoms with Crippen molar-refractivity contribution in [1.82, 2.24) is 0 Å². The first kappa shape index (κ1) is 112. The van der Waals surface area contributed by atoms with E-state index in [1.165, 1.54) is 6.42 Å². The summed E-state index contributed by atoms with van der Waals surface area (Å²) in [6.07, 6.45) is 1.25. The fourth-order valence-electron chi connectivity index (χ4n) is 0. The van der Waals surface area contributed by atoms with E-state index in [2.05, 4.69) is 13.8 Å². The molecule has 0 unspecified atom stereocenters. The van der Waals surface area contributed by atoms with Gasteiger partial charge in [0.2, 0.25) is 0 Å². The maximum atomic E-state index is 2.12. The molecule has 0 radical (unpaired) electrons. The summed E-state index contributed by atoms with van der Waals surface area (Å²) < 4.78 is 0. The van der Waals surface area contributed by atoms with Crippen molar-refractivity contribution in [3.8, 4) is 0 Å². The second kappa shape index (κ2) is 22700. The minimum Gasteiger partial charge on any atom is -0.0776 e. The molecule has 0 heterocycles. The molecule has 0 atom stereocenters. The van der Waals surface area contributed by atoms with Crippen LogP contribution in [0.4, 0.5) is 0 Å². The summed E-state index contributed by atoms with van der Waals surface area (Å²) in [4.78, 5) is 0. The van der Waals surface area contributed by atoms with E-state index >= 15 is 0 Å². The van der Waals surface area contributed by atoms with E-state index in [9.17, 15) is 0 Å². The summed E-state index contributed by atoms with van der Waals surface area (Å²) in [5.41, 5.74) is 0. The van der Waals surface area contributed by atoms with Crippen LogP contribution in [-0.4, -0.2) is 0 Å². The van der Waals surface area contributed by atoms with E-state index in [-0.39, 0.29) is 7.43 Å². The Bertz CT molecular complexity index is 0. The molecule has 0 saturated carbocycles. The van der Waals surface area contributed by atoms with Gasteiger partial charge in [0.1, 0.15) is 0 Å². The van der Waals surface area contributed by atoms with Gasteiger partial charge in [0.15, 0.2) is 0 Å². The van der Waals surface area contributed by atoms with Gasteiger partial charge in [-0.05, 0) is 0 Å². The summed E-state index contributed by atoms with van der Waals surface area (Å²) in [5.74, 6) is 0. The van der Waals surface area contributed by atoms with Crippen molar-refractivity contribution in [1.29, 1.82) is 0 Å². The van der Waals surface area contributed by atoms with Crippen LogP contribution < -0.4 is 0 Å². The zero-order chi connectivity index (χ0) is 28.7. The molecule has 0 N–H and O–H groups in total. The molecule has 0 aliphatic heterocycles. The van der Waals surface area contributed by atoms with Gasteiger partial charge in [-0.2, -0.15) is 0 Å². The van der Waals surface area contributed by atoms with Gasteiger partial charge in [0.25, 0.3) is 0 Å². The Hall–Kier alpha value is 0. The van der Waals surface area contributed by atoms with Crippen LogP contribution in [0.15, 0.2) is 0 Å². The van der Waals surface area contributed by atoms with Gasteiger partial charge in [-0.1, -0.05) is 208 Å². The molecule has 0 amide bonds. The van der Waals surface area contributed by atoms with Gasteiger partial charge < -0.3 is 0 Å². The fourth-order valence-corrected chi connectivity index (χ4v) is 0. The molecule has 210 valence electrons. The van der Waals surface area contributed by atoms with Crippen LogP contribution in [0.25, 0.3) is 0 Å². The fraction of sp³-hybridized carbons (Fsp3) is 1.00. The van der Waals surface area contributed by atoms with Crippen LogP contribution >= 0.6 is 0 Å². The lowest BCUT2D eigenvalue weighted by molar-refractivity contribution is 1.09. The van der Waals surface area contributed by atoms with Crippen LogP contribution in [0, 0.1) is 0 Å². The molecule has 0 aromatic rings. The molecular weight excluding hydrogens is 360 g/mol. The van der Waals surface area contributed by atoms with Gasteiger partial charge in [0.05, 0.1) is 0 Å². The Morgan fingerprint density at radius 1 is 0.200 bits per heavy atom. The molecule has 0 saturated heterocycles. The highest BCUT2D eigenvalue weighted by atomic mass is 13.4. The monoisotopic (exact) mass is 451 g/mol. The first-order valence-electron chi connectivity index (χ1n) is 14.4. The smallest absolute Gasteiger partial charge is 0.0590 e. The molecular formula is C30H90. The lowest BCUT2D eigenvalue weighted by Crippen LogP contribution is -1.27. The highest BCUT2D eigenvalue weighted by Crippen LogP contribution is 1.56. The zero-order valence-electron chi connectivity index (χ0n) is 28.7. The van der Waals surface area contributed by atoms with Gasteiger partial charge >= 0.3 is 0 Å². The average Bonchev–Trinajstić information content (AvgIpc) is 2.94. The third-order valence-electron chi connectivity index (χ3n) is 0. The lowest BCUT2D eigenvalue weighted by Gasteiger charge is -1.48. The average molecular weight is 451 g/mol. The molecule has 0 fully saturated rings. The van der Waals surface area contributed by atoms with Gasteiger partial charge in [-0.3, -0.25) is 0 Å². The Balaban J connectivity index is -0.00000000621. The predicted octanol–water partition coefficient (Wildman–Crippen LogP) is 15.4. The van der Waals surface area contributed by atoms with E-state index in [0.29, 0.717) is 0 Å². The molecule has 0 nitrogen and oxygen atoms in total. The maximum Gasteiger partial charge on any atom is -0.0590 e. The number of rotatable bonds is 0. The third kappa shape index (κ3) is 0. The van der Waals surface area contributed by atoms with Crippen LogP contribution in [0.2, 0.25) is 0 Å². The summed E-state index contributed by atoms with van der Waals surface area (Å²) in [7, 11) is 0. The molecule has 0 aromatic carbocycles. The quantitative estimate of drug-likeness (QED) is 0.344. The van der Waals surface area contributed by atoms with Gasteiger partial charge in [-0.25, -0.2) is 0 Å². The van der Waals surface area contributed by atoms with Crippen molar-refractivity contribution in [2.24, 2.45) is 0 Å². The summed E-state index contributed by atoms with van der Waals surface area (Å²) in [5, 5.41) is 0. The minimum absolute atomic E-state index is 0. The Morgan fingerprint density at radius 3 is 0.200 bits per heavy atom. The molecule has 0 aliphatic carbocycles. The van der Waals surface area contributed by atoms with Crippen molar-refractivity contribution in [3.63, 3.8) is 0 Å². The van der Waals surface area contributed by atoms with Gasteiger partial charge in [0, 0.05) is 0 Å². The van der Waals surface area contributed by atoms with Crippen molar-refractivity contribution in [2.75, 3.05) is 0 Å². The predicted molar refractivity (Wildman–Crippen MR) is 170 cm³/mol. The summed E-state index contributed by atoms with van der Waals surface area (Å²) >= 11 is 0. The lowest BCUT2D eigenvalue weighted by atomic mass is 10.6. The Morgan fingerprint density at radius 2 is 0.200 bits per heavy atom. The minimum atomic E-state index is 0. The highest BCUT2D eigenvalue weighted by molar-refractivity contribution is 3.92. The number of hydrogen-bond acceptors (Lipinski definition) is 0. The molecule has 0 rings (SSSR count). The zero-order valence-corrected chi connectivity index (χ0v) is 28.7. The van der Waals surface area contributed by atoms with Crippen LogP contribution in [0.5, 0.6) is 0 Å². The third-order valence-corrected chi connectivity index (χ3v) is 0.